The van der Waals surface area contributed by atoms with Crippen molar-refractivity contribution in [2.24, 2.45) is 5.92 Å². The van der Waals surface area contributed by atoms with Gasteiger partial charge in [-0.1, -0.05) is 0 Å². The molecule has 2 fully saturated rings. The van der Waals surface area contributed by atoms with Crippen LogP contribution < -0.4 is 0 Å². The topological polar surface area (TPSA) is 38.8 Å². The van der Waals surface area contributed by atoms with Crippen molar-refractivity contribution in [2.75, 3.05) is 13.2 Å². The van der Waals surface area contributed by atoms with Gasteiger partial charge in [-0.15, -0.1) is 0 Å². The van der Waals surface area contributed by atoms with E-state index in [1.54, 1.807) is 0 Å². The molecule has 0 bridgehead atoms. The zero-order chi connectivity index (χ0) is 8.60. The average Bonchev–Trinajstić information content (AvgIpc) is 2.62. The predicted octanol–water partition coefficient (Wildman–Crippen LogP) is 1.12. The van der Waals surface area contributed by atoms with E-state index < -0.39 is 0 Å². The number of rotatable bonds is 2. The highest BCUT2D eigenvalue weighted by Gasteiger charge is 2.52. The molecule has 3 nitrogen and oxygen atoms in total. The number of epoxide rings is 1. The normalized spacial score (nSPS) is 38.6. The molecule has 0 radical (unpaired) electrons. The van der Waals surface area contributed by atoms with Gasteiger partial charge in [-0.05, 0) is 26.2 Å². The number of ether oxygens (including phenoxy) is 2. The van der Waals surface area contributed by atoms with Crippen LogP contribution in [0.5, 0.6) is 0 Å². The van der Waals surface area contributed by atoms with Gasteiger partial charge in [0.05, 0.1) is 24.7 Å². The third kappa shape index (κ3) is 1.33. The Morgan fingerprint density at radius 2 is 2.50 bits per heavy atom. The van der Waals surface area contributed by atoms with Gasteiger partial charge >= 0.3 is 5.97 Å². The lowest BCUT2D eigenvalue weighted by atomic mass is 10.1. The Morgan fingerprint density at radius 3 is 3.00 bits per heavy atom. The molecule has 68 valence electrons. The van der Waals surface area contributed by atoms with Crippen LogP contribution in [-0.4, -0.2) is 24.8 Å². The first-order valence-electron chi connectivity index (χ1n) is 4.56. The van der Waals surface area contributed by atoms with Crippen LogP contribution in [0.3, 0.4) is 0 Å². The first kappa shape index (κ1) is 8.05. The standard InChI is InChI=1S/C9H14O3/c1-2-11-8(10)7-3-4-9(5-7)6-12-9/h7H,2-6H2,1H3. The molecule has 0 aromatic carbocycles. The minimum atomic E-state index is -0.0372. The summed E-state index contributed by atoms with van der Waals surface area (Å²) in [5, 5.41) is 0. The molecule has 1 heterocycles. The van der Waals surface area contributed by atoms with Crippen molar-refractivity contribution in [3.63, 3.8) is 0 Å². The summed E-state index contributed by atoms with van der Waals surface area (Å²) in [6, 6.07) is 0. The van der Waals surface area contributed by atoms with Crippen molar-refractivity contribution in [3.8, 4) is 0 Å². The molecular formula is C9H14O3. The van der Waals surface area contributed by atoms with Crippen LogP contribution in [0.15, 0.2) is 0 Å². The first-order chi connectivity index (χ1) is 5.76. The number of hydrogen-bond acceptors (Lipinski definition) is 3. The second kappa shape index (κ2) is 2.73. The Kier molecular flexibility index (Phi) is 1.83. The first-order valence-corrected chi connectivity index (χ1v) is 4.56. The summed E-state index contributed by atoms with van der Waals surface area (Å²) in [5.74, 6) is 0.0670. The lowest BCUT2D eigenvalue weighted by Crippen LogP contribution is -2.16. The van der Waals surface area contributed by atoms with E-state index in [4.69, 9.17) is 9.47 Å². The Bertz CT molecular complexity index is 196. The number of esters is 1. The van der Waals surface area contributed by atoms with E-state index in [1.807, 2.05) is 6.92 Å². The quantitative estimate of drug-likeness (QED) is 0.460. The zero-order valence-electron chi connectivity index (χ0n) is 7.34. The van der Waals surface area contributed by atoms with Gasteiger partial charge in [0.1, 0.15) is 0 Å². The van der Waals surface area contributed by atoms with Crippen molar-refractivity contribution in [2.45, 2.75) is 31.8 Å². The van der Waals surface area contributed by atoms with Crippen LogP contribution in [0.25, 0.3) is 0 Å². The molecule has 1 aliphatic heterocycles. The summed E-state index contributed by atoms with van der Waals surface area (Å²) in [6.07, 6.45) is 2.86. The highest BCUT2D eigenvalue weighted by atomic mass is 16.6. The molecule has 2 atom stereocenters. The third-order valence-electron chi connectivity index (χ3n) is 2.74. The van der Waals surface area contributed by atoms with Crippen LogP contribution in [-0.2, 0) is 14.3 Å². The molecule has 1 aliphatic carbocycles. The summed E-state index contributed by atoms with van der Waals surface area (Å²) in [4.78, 5) is 11.3. The van der Waals surface area contributed by atoms with Crippen LogP contribution >= 0.6 is 0 Å². The van der Waals surface area contributed by atoms with Crippen LogP contribution in [0.4, 0.5) is 0 Å². The van der Waals surface area contributed by atoms with Crippen LogP contribution in [0.2, 0.25) is 0 Å². The molecule has 1 saturated carbocycles. The lowest BCUT2D eigenvalue weighted by Gasteiger charge is -2.07. The zero-order valence-corrected chi connectivity index (χ0v) is 7.34. The molecule has 2 aliphatic rings. The molecule has 2 unspecified atom stereocenters. The summed E-state index contributed by atoms with van der Waals surface area (Å²) in [5.41, 5.74) is 0.0947. The van der Waals surface area contributed by atoms with E-state index >= 15 is 0 Å². The fraction of sp³-hybridized carbons (Fsp3) is 0.889. The van der Waals surface area contributed by atoms with Crippen molar-refractivity contribution in [1.29, 1.82) is 0 Å². The SMILES string of the molecule is CCOC(=O)C1CCC2(CO2)C1. The molecule has 1 spiro atoms. The lowest BCUT2D eigenvalue weighted by molar-refractivity contribution is -0.147. The highest BCUT2D eigenvalue weighted by Crippen LogP contribution is 2.46. The van der Waals surface area contributed by atoms with Gasteiger partial charge in [-0.3, -0.25) is 4.79 Å². The second-order valence-corrected chi connectivity index (χ2v) is 3.66. The van der Waals surface area contributed by atoms with Gasteiger partial charge < -0.3 is 9.47 Å². The molecule has 12 heavy (non-hydrogen) atoms. The summed E-state index contributed by atoms with van der Waals surface area (Å²) < 4.78 is 10.3. The van der Waals surface area contributed by atoms with Crippen molar-refractivity contribution in [3.05, 3.63) is 0 Å². The third-order valence-corrected chi connectivity index (χ3v) is 2.74. The fourth-order valence-electron chi connectivity index (χ4n) is 1.92. The van der Waals surface area contributed by atoms with Gasteiger partial charge in [0, 0.05) is 0 Å². The van der Waals surface area contributed by atoms with Crippen molar-refractivity contribution in [1.82, 2.24) is 0 Å². The summed E-state index contributed by atoms with van der Waals surface area (Å²) in [7, 11) is 0. The Balaban J connectivity index is 1.86. The van der Waals surface area contributed by atoms with E-state index in [9.17, 15) is 4.79 Å². The van der Waals surface area contributed by atoms with E-state index in [0.717, 1.165) is 25.9 Å². The highest BCUT2D eigenvalue weighted by molar-refractivity contribution is 5.73. The molecule has 3 heteroatoms. The maximum atomic E-state index is 11.3. The number of carbonyl (C=O) groups excluding carboxylic acids is 1. The number of carbonyl (C=O) groups is 1. The van der Waals surface area contributed by atoms with Crippen molar-refractivity contribution >= 4 is 5.97 Å². The van der Waals surface area contributed by atoms with Gasteiger partial charge in [0.25, 0.3) is 0 Å². The van der Waals surface area contributed by atoms with E-state index in [0.29, 0.717) is 6.61 Å². The molecule has 0 aromatic rings. The second-order valence-electron chi connectivity index (χ2n) is 3.66. The predicted molar refractivity (Wildman–Crippen MR) is 42.7 cm³/mol. The molecular weight excluding hydrogens is 156 g/mol. The van der Waals surface area contributed by atoms with Gasteiger partial charge in [0.15, 0.2) is 0 Å². The van der Waals surface area contributed by atoms with Crippen LogP contribution in [0, 0.1) is 5.92 Å². The maximum absolute atomic E-state index is 11.3. The molecule has 1 saturated heterocycles. The maximum Gasteiger partial charge on any atom is 0.309 e. The fourth-order valence-corrected chi connectivity index (χ4v) is 1.92. The molecule has 0 aromatic heterocycles. The Morgan fingerprint density at radius 1 is 1.75 bits per heavy atom. The van der Waals surface area contributed by atoms with E-state index in [2.05, 4.69) is 0 Å². The summed E-state index contributed by atoms with van der Waals surface area (Å²) >= 11 is 0. The molecule has 0 N–H and O–H groups in total. The van der Waals surface area contributed by atoms with E-state index in [-0.39, 0.29) is 17.5 Å². The monoisotopic (exact) mass is 170 g/mol. The van der Waals surface area contributed by atoms with Gasteiger partial charge in [0.2, 0.25) is 0 Å². The largest absolute Gasteiger partial charge is 0.466 e. The molecule has 2 rings (SSSR count). The number of hydrogen-bond donors (Lipinski definition) is 0. The Labute approximate surface area is 72.0 Å². The van der Waals surface area contributed by atoms with E-state index in [1.165, 1.54) is 0 Å². The minimum Gasteiger partial charge on any atom is -0.466 e. The van der Waals surface area contributed by atoms with Crippen LogP contribution in [0.1, 0.15) is 26.2 Å². The van der Waals surface area contributed by atoms with Gasteiger partial charge in [-0.25, -0.2) is 0 Å². The average molecular weight is 170 g/mol. The molecule has 0 amide bonds. The smallest absolute Gasteiger partial charge is 0.309 e. The van der Waals surface area contributed by atoms with Crippen molar-refractivity contribution < 1.29 is 14.3 Å². The summed E-state index contributed by atoms with van der Waals surface area (Å²) in [6.45, 7) is 3.18. The van der Waals surface area contributed by atoms with Gasteiger partial charge in [-0.2, -0.15) is 0 Å². The minimum absolute atomic E-state index is 0.0372. The Hall–Kier alpha value is -0.570.